The first kappa shape index (κ1) is 17.2. The Bertz CT molecular complexity index is 1010. The number of pyridine rings is 1. The lowest BCUT2D eigenvalue weighted by molar-refractivity contribution is 0.548. The van der Waals surface area contributed by atoms with Crippen molar-refractivity contribution in [2.45, 2.75) is 44.6 Å². The van der Waals surface area contributed by atoms with Crippen LogP contribution in [-0.4, -0.2) is 26.8 Å². The molecule has 3 heterocycles. The van der Waals surface area contributed by atoms with E-state index in [9.17, 15) is 0 Å². The average Bonchev–Trinajstić information content (AvgIpc) is 2.99. The van der Waals surface area contributed by atoms with Gasteiger partial charge in [-0.3, -0.25) is 4.99 Å². The molecule has 136 valence electrons. The molecule has 0 radical (unpaired) electrons. The lowest BCUT2D eigenvalue weighted by Gasteiger charge is -2.09. The number of aryl methyl sites for hydroxylation is 1. The molecule has 0 amide bonds. The standard InChI is InChI=1S/C21H22N6/c22-12-14-5-7-15(8-6-14)16-11-18-21(24-13-16)27-20(26-18)10-9-17-3-1-2-4-19(23)25-17/h5-8,11,13,17H,1-4,9-10H2,(H2,23,25)(H,24,26,27). The molecule has 1 aromatic carbocycles. The number of nitriles is 1. The minimum atomic E-state index is 0.294. The number of H-pyrrole nitrogens is 1. The van der Waals surface area contributed by atoms with Crippen molar-refractivity contribution in [3.8, 4) is 17.2 Å². The van der Waals surface area contributed by atoms with Gasteiger partial charge in [-0.05, 0) is 43.0 Å². The predicted octanol–water partition coefficient (Wildman–Crippen LogP) is 3.73. The molecule has 4 rings (SSSR count). The van der Waals surface area contributed by atoms with Crippen molar-refractivity contribution < 1.29 is 0 Å². The molecule has 2 aromatic heterocycles. The molecule has 0 aliphatic carbocycles. The number of aromatic nitrogens is 3. The Morgan fingerprint density at radius 1 is 1.19 bits per heavy atom. The largest absolute Gasteiger partial charge is 0.387 e. The highest BCUT2D eigenvalue weighted by molar-refractivity contribution is 5.80. The first-order valence-corrected chi connectivity index (χ1v) is 9.38. The number of imidazole rings is 1. The summed E-state index contributed by atoms with van der Waals surface area (Å²) < 4.78 is 0. The summed E-state index contributed by atoms with van der Waals surface area (Å²) >= 11 is 0. The number of aliphatic imine (C=N–C) groups is 1. The maximum atomic E-state index is 8.93. The van der Waals surface area contributed by atoms with Crippen molar-refractivity contribution in [2.75, 3.05) is 0 Å². The number of nitrogens with zero attached hydrogens (tertiary/aromatic N) is 4. The summed E-state index contributed by atoms with van der Waals surface area (Å²) in [4.78, 5) is 17.2. The van der Waals surface area contributed by atoms with Gasteiger partial charge in [-0.2, -0.15) is 5.26 Å². The fraction of sp³-hybridized carbons (Fsp3) is 0.333. The first-order valence-electron chi connectivity index (χ1n) is 9.38. The van der Waals surface area contributed by atoms with Crippen LogP contribution in [0.4, 0.5) is 0 Å². The number of benzene rings is 1. The Labute approximate surface area is 158 Å². The van der Waals surface area contributed by atoms with Crippen molar-refractivity contribution in [3.63, 3.8) is 0 Å². The second kappa shape index (κ2) is 7.58. The minimum absolute atomic E-state index is 0.294. The van der Waals surface area contributed by atoms with Crippen LogP contribution in [0.2, 0.25) is 0 Å². The van der Waals surface area contributed by atoms with Gasteiger partial charge in [-0.15, -0.1) is 0 Å². The number of rotatable bonds is 4. The normalized spacial score (nSPS) is 17.3. The van der Waals surface area contributed by atoms with Crippen LogP contribution < -0.4 is 5.73 Å². The Hall–Kier alpha value is -3.20. The highest BCUT2D eigenvalue weighted by Gasteiger charge is 2.14. The van der Waals surface area contributed by atoms with Crippen LogP contribution in [0.5, 0.6) is 0 Å². The van der Waals surface area contributed by atoms with E-state index in [4.69, 9.17) is 16.0 Å². The third-order valence-corrected chi connectivity index (χ3v) is 5.02. The summed E-state index contributed by atoms with van der Waals surface area (Å²) in [5.41, 5.74) is 10.3. The molecule has 1 aliphatic rings. The molecule has 0 spiro atoms. The molecule has 3 N–H and O–H groups in total. The van der Waals surface area contributed by atoms with E-state index in [2.05, 4.69) is 21.0 Å². The van der Waals surface area contributed by atoms with Gasteiger partial charge in [-0.1, -0.05) is 18.6 Å². The van der Waals surface area contributed by atoms with E-state index < -0.39 is 0 Å². The molecule has 27 heavy (non-hydrogen) atoms. The van der Waals surface area contributed by atoms with Gasteiger partial charge in [0.1, 0.15) is 11.3 Å². The smallest absolute Gasteiger partial charge is 0.157 e. The molecule has 1 unspecified atom stereocenters. The molecule has 1 atom stereocenters. The zero-order valence-corrected chi connectivity index (χ0v) is 15.2. The summed E-state index contributed by atoms with van der Waals surface area (Å²) in [7, 11) is 0. The fourth-order valence-electron chi connectivity index (χ4n) is 3.52. The number of amidine groups is 1. The van der Waals surface area contributed by atoms with E-state index in [1.54, 1.807) is 0 Å². The van der Waals surface area contributed by atoms with Gasteiger partial charge < -0.3 is 10.7 Å². The van der Waals surface area contributed by atoms with Gasteiger partial charge in [0, 0.05) is 24.6 Å². The van der Waals surface area contributed by atoms with E-state index in [1.807, 2.05) is 36.5 Å². The molecule has 0 saturated heterocycles. The third kappa shape index (κ3) is 3.98. The van der Waals surface area contributed by atoms with E-state index in [1.165, 1.54) is 6.42 Å². The quantitative estimate of drug-likeness (QED) is 0.741. The van der Waals surface area contributed by atoms with Crippen LogP contribution in [-0.2, 0) is 6.42 Å². The van der Waals surface area contributed by atoms with Gasteiger partial charge in [0.2, 0.25) is 0 Å². The number of hydrogen-bond donors (Lipinski definition) is 2. The number of hydrogen-bond acceptors (Lipinski definition) is 5. The van der Waals surface area contributed by atoms with Crippen LogP contribution in [0.15, 0.2) is 41.5 Å². The summed E-state index contributed by atoms with van der Waals surface area (Å²) in [5, 5.41) is 8.93. The minimum Gasteiger partial charge on any atom is -0.387 e. The van der Waals surface area contributed by atoms with E-state index >= 15 is 0 Å². The SMILES string of the molecule is N#Cc1ccc(-c2cnc3[nH]c(CCC4CCCCC(N)=N4)nc3c2)cc1. The van der Waals surface area contributed by atoms with Gasteiger partial charge in [0.25, 0.3) is 0 Å². The summed E-state index contributed by atoms with van der Waals surface area (Å²) in [6.45, 7) is 0. The highest BCUT2D eigenvalue weighted by atomic mass is 15.0. The fourth-order valence-corrected chi connectivity index (χ4v) is 3.52. The topological polar surface area (TPSA) is 104 Å². The molecule has 0 saturated carbocycles. The van der Waals surface area contributed by atoms with Crippen LogP contribution in [0.3, 0.4) is 0 Å². The van der Waals surface area contributed by atoms with Crippen molar-refractivity contribution in [3.05, 3.63) is 47.9 Å². The molecule has 1 aliphatic heterocycles. The Balaban J connectivity index is 1.50. The summed E-state index contributed by atoms with van der Waals surface area (Å²) in [5.74, 6) is 1.73. The second-order valence-electron chi connectivity index (χ2n) is 7.02. The number of nitrogens with two attached hydrogens (primary N) is 1. The van der Waals surface area contributed by atoms with Crippen molar-refractivity contribution >= 4 is 17.0 Å². The maximum Gasteiger partial charge on any atom is 0.157 e. The highest BCUT2D eigenvalue weighted by Crippen LogP contribution is 2.23. The number of nitrogens with one attached hydrogen (secondary N) is 1. The van der Waals surface area contributed by atoms with Crippen LogP contribution in [0, 0.1) is 11.3 Å². The molecular weight excluding hydrogens is 336 g/mol. The zero-order valence-electron chi connectivity index (χ0n) is 15.2. The lowest BCUT2D eigenvalue weighted by atomic mass is 10.1. The first-order chi connectivity index (χ1) is 13.2. The van der Waals surface area contributed by atoms with Crippen LogP contribution in [0.25, 0.3) is 22.3 Å². The van der Waals surface area contributed by atoms with E-state index in [-0.39, 0.29) is 0 Å². The predicted molar refractivity (Wildman–Crippen MR) is 106 cm³/mol. The van der Waals surface area contributed by atoms with Crippen LogP contribution >= 0.6 is 0 Å². The summed E-state index contributed by atoms with van der Waals surface area (Å²) in [6.07, 6.45) is 7.96. The van der Waals surface area contributed by atoms with Crippen molar-refractivity contribution in [1.29, 1.82) is 5.26 Å². The van der Waals surface area contributed by atoms with Crippen molar-refractivity contribution in [2.24, 2.45) is 10.7 Å². The third-order valence-electron chi connectivity index (χ3n) is 5.02. The zero-order chi connectivity index (χ0) is 18.6. The molecule has 0 fully saturated rings. The Morgan fingerprint density at radius 2 is 2.04 bits per heavy atom. The molecule has 6 nitrogen and oxygen atoms in total. The van der Waals surface area contributed by atoms with E-state index in [0.717, 1.165) is 66.1 Å². The number of aromatic amines is 1. The lowest BCUT2D eigenvalue weighted by Crippen LogP contribution is -2.14. The summed E-state index contributed by atoms with van der Waals surface area (Å²) in [6, 6.07) is 12.0. The molecular formula is C21H22N6. The molecule has 3 aromatic rings. The Morgan fingerprint density at radius 3 is 2.85 bits per heavy atom. The van der Waals surface area contributed by atoms with Gasteiger partial charge in [0.05, 0.1) is 23.5 Å². The number of fused-ring (bicyclic) bond motifs is 1. The van der Waals surface area contributed by atoms with Gasteiger partial charge in [-0.25, -0.2) is 9.97 Å². The average molecular weight is 358 g/mol. The maximum absolute atomic E-state index is 8.93. The van der Waals surface area contributed by atoms with Crippen LogP contribution in [0.1, 0.15) is 43.5 Å². The molecule has 0 bridgehead atoms. The molecule has 6 heteroatoms. The van der Waals surface area contributed by atoms with Crippen molar-refractivity contribution in [1.82, 2.24) is 15.0 Å². The van der Waals surface area contributed by atoms with Gasteiger partial charge >= 0.3 is 0 Å². The second-order valence-corrected chi connectivity index (χ2v) is 7.02. The van der Waals surface area contributed by atoms with E-state index in [0.29, 0.717) is 11.6 Å². The van der Waals surface area contributed by atoms with Gasteiger partial charge in [0.15, 0.2) is 5.65 Å². The monoisotopic (exact) mass is 358 g/mol. The Kier molecular flexibility index (Phi) is 4.84.